The van der Waals surface area contributed by atoms with Crippen molar-refractivity contribution >= 4 is 5.69 Å². The van der Waals surface area contributed by atoms with Gasteiger partial charge in [-0.1, -0.05) is 18.2 Å². The first-order valence-electron chi connectivity index (χ1n) is 8.03. The molecule has 3 heteroatoms. The van der Waals surface area contributed by atoms with Gasteiger partial charge >= 0.3 is 0 Å². The molecule has 1 aliphatic carbocycles. The number of hydrogen-bond acceptors (Lipinski definition) is 3. The van der Waals surface area contributed by atoms with Crippen molar-refractivity contribution in [3.8, 4) is 0 Å². The molecule has 0 radical (unpaired) electrons. The molecule has 1 N–H and O–H groups in total. The first-order chi connectivity index (χ1) is 9.92. The number of para-hydroxylation sites is 1. The fourth-order valence-electron chi connectivity index (χ4n) is 2.85. The van der Waals surface area contributed by atoms with Gasteiger partial charge in [-0.05, 0) is 43.7 Å². The van der Waals surface area contributed by atoms with Crippen molar-refractivity contribution in [2.45, 2.75) is 31.7 Å². The summed E-state index contributed by atoms with van der Waals surface area (Å²) < 4.78 is 5.67. The van der Waals surface area contributed by atoms with E-state index in [1.807, 2.05) is 0 Å². The van der Waals surface area contributed by atoms with Crippen LogP contribution >= 0.6 is 0 Å². The molecule has 1 saturated heterocycles. The van der Waals surface area contributed by atoms with Crippen molar-refractivity contribution in [1.82, 2.24) is 5.32 Å². The van der Waals surface area contributed by atoms with Gasteiger partial charge in [0.05, 0.1) is 6.61 Å². The molecule has 2 fully saturated rings. The lowest BCUT2D eigenvalue weighted by Gasteiger charge is -2.34. The van der Waals surface area contributed by atoms with Crippen molar-refractivity contribution in [1.29, 1.82) is 0 Å². The number of benzene rings is 1. The Morgan fingerprint density at radius 2 is 1.80 bits per heavy atom. The Hall–Kier alpha value is -1.06. The van der Waals surface area contributed by atoms with Gasteiger partial charge < -0.3 is 15.0 Å². The number of piperidine rings is 1. The fraction of sp³-hybridized carbons (Fsp3) is 0.647. The zero-order valence-corrected chi connectivity index (χ0v) is 12.3. The second-order valence-corrected chi connectivity index (χ2v) is 6.07. The van der Waals surface area contributed by atoms with Crippen LogP contribution in [0, 0.1) is 5.92 Å². The lowest BCUT2D eigenvalue weighted by atomic mass is 10.0. The number of rotatable bonds is 7. The van der Waals surface area contributed by atoms with Gasteiger partial charge in [0.2, 0.25) is 0 Å². The maximum Gasteiger partial charge on any atom is 0.0591 e. The summed E-state index contributed by atoms with van der Waals surface area (Å²) in [5, 5.41) is 3.64. The molecule has 1 heterocycles. The van der Waals surface area contributed by atoms with Gasteiger partial charge in [-0.3, -0.25) is 0 Å². The minimum atomic E-state index is 0.666. The van der Waals surface area contributed by atoms with Crippen LogP contribution in [0.5, 0.6) is 0 Å². The summed E-state index contributed by atoms with van der Waals surface area (Å²) >= 11 is 0. The second kappa shape index (κ2) is 7.09. The van der Waals surface area contributed by atoms with Gasteiger partial charge in [0, 0.05) is 38.0 Å². The summed E-state index contributed by atoms with van der Waals surface area (Å²) in [6.07, 6.45) is 5.23. The van der Waals surface area contributed by atoms with Crippen LogP contribution in [-0.2, 0) is 4.74 Å². The maximum absolute atomic E-state index is 5.67. The Labute approximate surface area is 122 Å². The normalized spacial score (nSPS) is 20.3. The molecule has 1 saturated carbocycles. The SMILES string of the molecule is c1ccc(N2CCC(NCCOCC3CC3)CC2)cc1. The highest BCUT2D eigenvalue weighted by molar-refractivity contribution is 5.46. The summed E-state index contributed by atoms with van der Waals surface area (Å²) in [6.45, 7) is 5.17. The molecule has 0 unspecified atom stereocenters. The third-order valence-corrected chi connectivity index (χ3v) is 4.35. The van der Waals surface area contributed by atoms with Crippen molar-refractivity contribution in [2.24, 2.45) is 5.92 Å². The highest BCUT2D eigenvalue weighted by Crippen LogP contribution is 2.28. The summed E-state index contributed by atoms with van der Waals surface area (Å²) in [5.41, 5.74) is 1.36. The van der Waals surface area contributed by atoms with E-state index in [0.29, 0.717) is 6.04 Å². The predicted octanol–water partition coefficient (Wildman–Crippen LogP) is 2.67. The number of ether oxygens (including phenoxy) is 1. The molecule has 1 aromatic carbocycles. The molecule has 3 nitrogen and oxygen atoms in total. The Morgan fingerprint density at radius 1 is 1.05 bits per heavy atom. The van der Waals surface area contributed by atoms with E-state index in [9.17, 15) is 0 Å². The van der Waals surface area contributed by atoms with Crippen molar-refractivity contribution in [3.05, 3.63) is 30.3 Å². The van der Waals surface area contributed by atoms with Crippen LogP contribution in [0.4, 0.5) is 5.69 Å². The quantitative estimate of drug-likeness (QED) is 0.774. The van der Waals surface area contributed by atoms with Crippen LogP contribution in [-0.4, -0.2) is 38.9 Å². The van der Waals surface area contributed by atoms with Gasteiger partial charge in [0.15, 0.2) is 0 Å². The molecule has 1 aliphatic heterocycles. The van der Waals surface area contributed by atoms with E-state index < -0.39 is 0 Å². The van der Waals surface area contributed by atoms with E-state index in [2.05, 4.69) is 40.5 Å². The topological polar surface area (TPSA) is 24.5 Å². The monoisotopic (exact) mass is 274 g/mol. The first-order valence-corrected chi connectivity index (χ1v) is 8.03. The number of anilines is 1. The molecule has 3 rings (SSSR count). The summed E-state index contributed by atoms with van der Waals surface area (Å²) in [7, 11) is 0. The standard InChI is InChI=1S/C17H26N2O/c1-2-4-17(5-3-1)19-11-8-16(9-12-19)18-10-13-20-14-15-6-7-15/h1-5,15-16,18H,6-14H2. The molecular formula is C17H26N2O. The van der Waals surface area contributed by atoms with Crippen LogP contribution in [0.15, 0.2) is 30.3 Å². The van der Waals surface area contributed by atoms with Gasteiger partial charge in [0.1, 0.15) is 0 Å². The molecule has 0 spiro atoms. The Balaban J connectivity index is 1.29. The zero-order chi connectivity index (χ0) is 13.6. The highest BCUT2D eigenvalue weighted by Gasteiger charge is 2.21. The van der Waals surface area contributed by atoms with Crippen LogP contribution in [0.25, 0.3) is 0 Å². The molecule has 0 bridgehead atoms. The van der Waals surface area contributed by atoms with Crippen LogP contribution in [0.3, 0.4) is 0 Å². The third kappa shape index (κ3) is 4.22. The van der Waals surface area contributed by atoms with Gasteiger partial charge in [-0.15, -0.1) is 0 Å². The zero-order valence-electron chi connectivity index (χ0n) is 12.3. The number of nitrogens with one attached hydrogen (secondary N) is 1. The molecule has 0 aromatic heterocycles. The second-order valence-electron chi connectivity index (χ2n) is 6.07. The largest absolute Gasteiger partial charge is 0.380 e. The lowest BCUT2D eigenvalue weighted by Crippen LogP contribution is -2.43. The van der Waals surface area contributed by atoms with Gasteiger partial charge in [-0.2, -0.15) is 0 Å². The minimum absolute atomic E-state index is 0.666. The maximum atomic E-state index is 5.67. The lowest BCUT2D eigenvalue weighted by molar-refractivity contribution is 0.123. The van der Waals surface area contributed by atoms with E-state index in [0.717, 1.165) is 38.8 Å². The van der Waals surface area contributed by atoms with Crippen LogP contribution < -0.4 is 10.2 Å². The van der Waals surface area contributed by atoms with Crippen LogP contribution in [0.2, 0.25) is 0 Å². The number of hydrogen-bond donors (Lipinski definition) is 1. The van der Waals surface area contributed by atoms with E-state index in [4.69, 9.17) is 4.74 Å². The minimum Gasteiger partial charge on any atom is -0.380 e. The molecule has 0 atom stereocenters. The average molecular weight is 274 g/mol. The Bertz CT molecular complexity index is 383. The summed E-state index contributed by atoms with van der Waals surface area (Å²) in [6, 6.07) is 11.4. The third-order valence-electron chi connectivity index (χ3n) is 4.35. The van der Waals surface area contributed by atoms with Crippen LogP contribution in [0.1, 0.15) is 25.7 Å². The molecule has 2 aliphatic rings. The smallest absolute Gasteiger partial charge is 0.0591 e. The van der Waals surface area contributed by atoms with Gasteiger partial charge in [-0.25, -0.2) is 0 Å². The Kier molecular flexibility index (Phi) is 4.93. The van der Waals surface area contributed by atoms with E-state index in [1.165, 1.54) is 31.4 Å². The molecule has 110 valence electrons. The van der Waals surface area contributed by atoms with Crippen molar-refractivity contribution in [2.75, 3.05) is 37.7 Å². The van der Waals surface area contributed by atoms with Crippen molar-refractivity contribution in [3.63, 3.8) is 0 Å². The average Bonchev–Trinajstić information content (AvgIpc) is 3.33. The summed E-state index contributed by atoms with van der Waals surface area (Å²) in [5.74, 6) is 0.879. The molecule has 20 heavy (non-hydrogen) atoms. The Morgan fingerprint density at radius 3 is 2.50 bits per heavy atom. The molecule has 1 aromatic rings. The number of nitrogens with zero attached hydrogens (tertiary/aromatic N) is 1. The fourth-order valence-corrected chi connectivity index (χ4v) is 2.85. The van der Waals surface area contributed by atoms with Crippen molar-refractivity contribution < 1.29 is 4.74 Å². The molecule has 0 amide bonds. The van der Waals surface area contributed by atoms with E-state index >= 15 is 0 Å². The summed E-state index contributed by atoms with van der Waals surface area (Å²) in [4.78, 5) is 2.49. The van der Waals surface area contributed by atoms with Gasteiger partial charge in [0.25, 0.3) is 0 Å². The van der Waals surface area contributed by atoms with E-state index in [1.54, 1.807) is 0 Å². The van der Waals surface area contributed by atoms with E-state index in [-0.39, 0.29) is 0 Å². The molecular weight excluding hydrogens is 248 g/mol. The first kappa shape index (κ1) is 13.9. The predicted molar refractivity (Wildman–Crippen MR) is 83.2 cm³/mol. The highest BCUT2D eigenvalue weighted by atomic mass is 16.5.